The lowest BCUT2D eigenvalue weighted by Crippen LogP contribution is -2.29. The van der Waals surface area contributed by atoms with Crippen molar-refractivity contribution in [1.29, 1.82) is 0 Å². The Bertz CT molecular complexity index is 830. The summed E-state index contributed by atoms with van der Waals surface area (Å²) in [6.45, 7) is 3.59. The van der Waals surface area contributed by atoms with Gasteiger partial charge in [0.25, 0.3) is 0 Å². The Balaban J connectivity index is 4.33. The van der Waals surface area contributed by atoms with Gasteiger partial charge in [-0.3, -0.25) is 18.6 Å². The fraction of sp³-hybridized carbons (Fsp3) is 0.765. The lowest BCUT2D eigenvalue weighted by Gasteiger charge is -2.19. The summed E-state index contributed by atoms with van der Waals surface area (Å²) in [4.78, 5) is 34.4. The first-order valence-corrected chi connectivity index (χ1v) is 18.5. The molecule has 1 unspecified atom stereocenters. The van der Waals surface area contributed by atoms with E-state index in [1.165, 1.54) is 44.9 Å². The molecular formula is C34H62NO8P. The lowest BCUT2D eigenvalue weighted by atomic mass is 10.1. The molecule has 0 aromatic rings. The lowest BCUT2D eigenvalue weighted by molar-refractivity contribution is -0.161. The number of esters is 2. The highest BCUT2D eigenvalue weighted by Gasteiger charge is 2.25. The highest BCUT2D eigenvalue weighted by Crippen LogP contribution is 2.43. The third kappa shape index (κ3) is 30.3. The maximum Gasteiger partial charge on any atom is 0.472 e. The molecule has 256 valence electrons. The molecule has 2 atom stereocenters. The number of phosphoric ester groups is 1. The van der Waals surface area contributed by atoms with E-state index in [1.54, 1.807) is 0 Å². The second kappa shape index (κ2) is 31.2. The van der Waals surface area contributed by atoms with Gasteiger partial charge in [0.2, 0.25) is 0 Å². The zero-order valence-corrected chi connectivity index (χ0v) is 28.5. The van der Waals surface area contributed by atoms with Crippen molar-refractivity contribution in [1.82, 2.24) is 0 Å². The van der Waals surface area contributed by atoms with Gasteiger partial charge in [-0.25, -0.2) is 4.57 Å². The maximum absolute atomic E-state index is 12.4. The summed E-state index contributed by atoms with van der Waals surface area (Å²) in [6.07, 6.45) is 30.5. The number of carbonyl (C=O) groups is 2. The average molecular weight is 644 g/mol. The monoisotopic (exact) mass is 643 g/mol. The van der Waals surface area contributed by atoms with Crippen molar-refractivity contribution >= 4 is 19.8 Å². The van der Waals surface area contributed by atoms with E-state index in [0.717, 1.165) is 51.4 Å². The van der Waals surface area contributed by atoms with Crippen LogP contribution in [0, 0.1) is 0 Å². The highest BCUT2D eigenvalue weighted by atomic mass is 31.2. The molecule has 0 spiro atoms. The van der Waals surface area contributed by atoms with Gasteiger partial charge in [-0.15, -0.1) is 0 Å². The van der Waals surface area contributed by atoms with Crippen LogP contribution in [0.1, 0.15) is 136 Å². The minimum Gasteiger partial charge on any atom is -0.462 e. The van der Waals surface area contributed by atoms with Gasteiger partial charge in [0.15, 0.2) is 6.10 Å². The van der Waals surface area contributed by atoms with Crippen molar-refractivity contribution in [3.8, 4) is 0 Å². The van der Waals surface area contributed by atoms with Crippen LogP contribution < -0.4 is 5.73 Å². The van der Waals surface area contributed by atoms with Gasteiger partial charge < -0.3 is 20.1 Å². The number of rotatable bonds is 31. The molecule has 0 aromatic carbocycles. The first kappa shape index (κ1) is 42.2. The van der Waals surface area contributed by atoms with Crippen molar-refractivity contribution in [3.63, 3.8) is 0 Å². The van der Waals surface area contributed by atoms with Crippen LogP contribution in [0.3, 0.4) is 0 Å². The standard InChI is InChI=1S/C34H62NO8P/c1-3-5-7-9-11-13-14-15-16-17-18-19-21-22-24-26-33(36)40-30-32(31-42-44(38,39)41-29-28-35)43-34(37)27-25-23-20-12-10-8-6-4-2/h11,13,15-16,18-19,32H,3-10,12,14,17,20-31,35H2,1-2H3,(H,38,39)/b13-11+,16-15+,19-18+/t32-/m0/s1. The van der Waals surface area contributed by atoms with E-state index in [9.17, 15) is 19.0 Å². The van der Waals surface area contributed by atoms with Crippen LogP contribution in [-0.4, -0.2) is 49.3 Å². The van der Waals surface area contributed by atoms with Gasteiger partial charge in [-0.1, -0.05) is 108 Å². The third-order valence-corrected chi connectivity index (χ3v) is 7.76. The number of ether oxygens (including phenoxy) is 2. The van der Waals surface area contributed by atoms with Gasteiger partial charge in [-0.05, 0) is 51.4 Å². The maximum atomic E-state index is 12.4. The Kier molecular flexibility index (Phi) is 30.0. The van der Waals surface area contributed by atoms with Gasteiger partial charge in [0.05, 0.1) is 13.2 Å². The average Bonchev–Trinajstić information content (AvgIpc) is 3.00. The molecule has 0 saturated carbocycles. The summed E-state index contributed by atoms with van der Waals surface area (Å²) in [5.74, 6) is -0.882. The fourth-order valence-electron chi connectivity index (χ4n) is 4.23. The van der Waals surface area contributed by atoms with Crippen LogP contribution in [0.4, 0.5) is 0 Å². The normalized spacial score (nSPS) is 14.0. The second-order valence-corrected chi connectivity index (χ2v) is 12.5. The minimum atomic E-state index is -4.37. The molecule has 3 N–H and O–H groups in total. The quantitative estimate of drug-likeness (QED) is 0.0329. The van der Waals surface area contributed by atoms with E-state index in [2.05, 4.69) is 50.3 Å². The molecule has 9 nitrogen and oxygen atoms in total. The molecule has 0 aliphatic rings. The van der Waals surface area contributed by atoms with Crippen molar-refractivity contribution in [2.24, 2.45) is 5.73 Å². The minimum absolute atomic E-state index is 0.0481. The molecule has 0 rings (SSSR count). The summed E-state index contributed by atoms with van der Waals surface area (Å²) < 4.78 is 32.4. The first-order chi connectivity index (χ1) is 21.3. The van der Waals surface area contributed by atoms with Gasteiger partial charge in [0.1, 0.15) is 6.61 Å². The molecule has 0 amide bonds. The first-order valence-electron chi connectivity index (χ1n) is 17.0. The van der Waals surface area contributed by atoms with Crippen LogP contribution in [0.5, 0.6) is 0 Å². The molecule has 44 heavy (non-hydrogen) atoms. The molecular weight excluding hydrogens is 581 g/mol. The van der Waals surface area contributed by atoms with Gasteiger partial charge in [0, 0.05) is 19.4 Å². The summed E-state index contributed by atoms with van der Waals surface area (Å²) in [7, 11) is -4.37. The number of carbonyl (C=O) groups excluding carboxylic acids is 2. The Labute approximate surface area is 267 Å². The largest absolute Gasteiger partial charge is 0.472 e. The van der Waals surface area contributed by atoms with E-state index in [-0.39, 0.29) is 32.6 Å². The molecule has 0 aliphatic carbocycles. The van der Waals surface area contributed by atoms with Crippen LogP contribution in [0.25, 0.3) is 0 Å². The number of unbranched alkanes of at least 4 members (excludes halogenated alkanes) is 12. The van der Waals surface area contributed by atoms with Crippen LogP contribution in [0.15, 0.2) is 36.5 Å². The molecule has 10 heteroatoms. The van der Waals surface area contributed by atoms with E-state index in [0.29, 0.717) is 12.8 Å². The molecule has 0 bridgehead atoms. The summed E-state index contributed by atoms with van der Waals surface area (Å²) in [6, 6.07) is 0. The van der Waals surface area contributed by atoms with Crippen LogP contribution in [0.2, 0.25) is 0 Å². The van der Waals surface area contributed by atoms with Crippen LogP contribution in [-0.2, 0) is 32.7 Å². The SMILES string of the molecule is CCCCC/C=C/C/C=C/C/C=C/CCCCC(=O)OC[C@@H](COP(=O)(O)OCCN)OC(=O)CCCCCCCCCC. The van der Waals surface area contributed by atoms with Gasteiger partial charge >= 0.3 is 19.8 Å². The Morgan fingerprint density at radius 2 is 1.18 bits per heavy atom. The zero-order chi connectivity index (χ0) is 32.6. The van der Waals surface area contributed by atoms with E-state index < -0.39 is 32.5 Å². The number of hydrogen-bond acceptors (Lipinski definition) is 8. The molecule has 0 fully saturated rings. The zero-order valence-electron chi connectivity index (χ0n) is 27.6. The summed E-state index contributed by atoms with van der Waals surface area (Å²) in [5.41, 5.74) is 5.30. The predicted molar refractivity (Wildman–Crippen MR) is 178 cm³/mol. The second-order valence-electron chi connectivity index (χ2n) is 11.0. The Morgan fingerprint density at radius 1 is 0.682 bits per heavy atom. The van der Waals surface area contributed by atoms with E-state index in [1.807, 2.05) is 0 Å². The number of phosphoric acid groups is 1. The van der Waals surface area contributed by atoms with Crippen molar-refractivity contribution in [2.75, 3.05) is 26.4 Å². The number of allylic oxidation sites excluding steroid dienone is 6. The predicted octanol–water partition coefficient (Wildman–Crippen LogP) is 8.65. The number of nitrogens with two attached hydrogens (primary N) is 1. The Morgan fingerprint density at radius 3 is 1.80 bits per heavy atom. The molecule has 0 aromatic heterocycles. The molecule has 0 radical (unpaired) electrons. The van der Waals surface area contributed by atoms with Crippen LogP contribution >= 0.6 is 7.82 Å². The van der Waals surface area contributed by atoms with E-state index in [4.69, 9.17) is 24.3 Å². The highest BCUT2D eigenvalue weighted by molar-refractivity contribution is 7.47. The van der Waals surface area contributed by atoms with Crippen molar-refractivity contribution in [2.45, 2.75) is 142 Å². The summed E-state index contributed by atoms with van der Waals surface area (Å²) >= 11 is 0. The molecule has 0 aliphatic heterocycles. The topological polar surface area (TPSA) is 134 Å². The third-order valence-electron chi connectivity index (χ3n) is 6.78. The van der Waals surface area contributed by atoms with E-state index >= 15 is 0 Å². The van der Waals surface area contributed by atoms with Crippen molar-refractivity contribution < 1.29 is 37.6 Å². The molecule has 0 saturated heterocycles. The van der Waals surface area contributed by atoms with Crippen molar-refractivity contribution in [3.05, 3.63) is 36.5 Å². The van der Waals surface area contributed by atoms with Gasteiger partial charge in [-0.2, -0.15) is 0 Å². The molecule has 0 heterocycles. The fourth-order valence-corrected chi connectivity index (χ4v) is 4.99. The smallest absolute Gasteiger partial charge is 0.462 e. The summed E-state index contributed by atoms with van der Waals surface area (Å²) in [5, 5.41) is 0. The Hall–Kier alpha value is -1.77. The number of hydrogen-bond donors (Lipinski definition) is 2.